The first-order valence-electron chi connectivity index (χ1n) is 32.8. The van der Waals surface area contributed by atoms with Gasteiger partial charge in [-0.15, -0.1) is 0 Å². The fourth-order valence-electron chi connectivity index (χ4n) is 9.61. The molecule has 0 N–H and O–H groups in total. The number of rotatable bonds is 60. The summed E-state index contributed by atoms with van der Waals surface area (Å²) in [7, 11) is 0. The summed E-state index contributed by atoms with van der Waals surface area (Å²) in [4.78, 5) is 38.3. The number of ether oxygens (including phenoxy) is 3. The normalized spacial score (nSPS) is 12.4. The van der Waals surface area contributed by atoms with Crippen molar-refractivity contribution in [1.29, 1.82) is 0 Å². The molecule has 75 heavy (non-hydrogen) atoms. The molecule has 0 amide bonds. The summed E-state index contributed by atoms with van der Waals surface area (Å²) in [6, 6.07) is 0. The molecule has 0 aliphatic rings. The van der Waals surface area contributed by atoms with Crippen LogP contribution >= 0.6 is 0 Å². The van der Waals surface area contributed by atoms with Crippen LogP contribution in [0, 0.1) is 0 Å². The minimum Gasteiger partial charge on any atom is -0.462 e. The minimum absolute atomic E-state index is 0.0809. The molecule has 0 rings (SSSR count). The van der Waals surface area contributed by atoms with Gasteiger partial charge in [-0.3, -0.25) is 14.4 Å². The van der Waals surface area contributed by atoms with Crippen LogP contribution in [0.3, 0.4) is 0 Å². The second kappa shape index (κ2) is 63.6. The van der Waals surface area contributed by atoms with Gasteiger partial charge in [0, 0.05) is 19.3 Å². The third-order valence-corrected chi connectivity index (χ3v) is 14.5. The molecule has 0 spiro atoms. The Morgan fingerprint density at radius 3 is 0.827 bits per heavy atom. The quantitative estimate of drug-likeness (QED) is 0.0261. The Bertz CT molecular complexity index is 1340. The fourth-order valence-corrected chi connectivity index (χ4v) is 9.61. The molecule has 0 saturated heterocycles. The Labute approximate surface area is 466 Å². The van der Waals surface area contributed by atoms with Crippen molar-refractivity contribution >= 4 is 17.9 Å². The summed E-state index contributed by atoms with van der Waals surface area (Å²) in [5, 5.41) is 0. The Morgan fingerprint density at radius 2 is 0.520 bits per heavy atom. The fraction of sp³-hybridized carbons (Fsp3) is 0.812. The van der Waals surface area contributed by atoms with Gasteiger partial charge < -0.3 is 14.2 Å². The summed E-state index contributed by atoms with van der Waals surface area (Å²) < 4.78 is 16.9. The van der Waals surface area contributed by atoms with E-state index >= 15 is 0 Å². The molecular formula is C69H124O6. The lowest BCUT2D eigenvalue weighted by atomic mass is 10.0. The van der Waals surface area contributed by atoms with Gasteiger partial charge in [-0.1, -0.05) is 300 Å². The highest BCUT2D eigenvalue weighted by atomic mass is 16.6. The van der Waals surface area contributed by atoms with E-state index in [1.807, 2.05) is 0 Å². The van der Waals surface area contributed by atoms with Crippen molar-refractivity contribution in [2.45, 2.75) is 348 Å². The summed E-state index contributed by atoms with van der Waals surface area (Å²) >= 11 is 0. The Kier molecular flexibility index (Phi) is 61.2. The Hall–Kier alpha value is -2.89. The van der Waals surface area contributed by atoms with Crippen LogP contribution in [0.15, 0.2) is 60.8 Å². The molecular weight excluding hydrogens is 925 g/mol. The zero-order valence-electron chi connectivity index (χ0n) is 50.1. The second-order valence-corrected chi connectivity index (χ2v) is 22.0. The summed E-state index contributed by atoms with van der Waals surface area (Å²) in [5.41, 5.74) is 0. The van der Waals surface area contributed by atoms with Crippen LogP contribution in [0.5, 0.6) is 0 Å². The molecule has 0 aliphatic carbocycles. The maximum Gasteiger partial charge on any atom is 0.306 e. The number of carbonyl (C=O) groups is 3. The monoisotopic (exact) mass is 1050 g/mol. The van der Waals surface area contributed by atoms with E-state index in [1.54, 1.807) is 0 Å². The van der Waals surface area contributed by atoms with Crippen LogP contribution in [-0.2, 0) is 28.6 Å². The molecule has 0 aliphatic heterocycles. The smallest absolute Gasteiger partial charge is 0.306 e. The molecule has 0 saturated carbocycles. The number of esters is 3. The average Bonchev–Trinajstić information content (AvgIpc) is 3.41. The third-order valence-electron chi connectivity index (χ3n) is 14.5. The van der Waals surface area contributed by atoms with E-state index < -0.39 is 6.10 Å². The summed E-state index contributed by atoms with van der Waals surface area (Å²) in [5.74, 6) is -0.885. The largest absolute Gasteiger partial charge is 0.462 e. The van der Waals surface area contributed by atoms with Crippen molar-refractivity contribution in [1.82, 2.24) is 0 Å². The number of carbonyl (C=O) groups excluding carboxylic acids is 3. The van der Waals surface area contributed by atoms with E-state index in [1.165, 1.54) is 205 Å². The lowest BCUT2D eigenvalue weighted by molar-refractivity contribution is -0.167. The number of unbranched alkanes of at least 4 members (excludes halogenated alkanes) is 39. The van der Waals surface area contributed by atoms with Crippen LogP contribution in [-0.4, -0.2) is 37.2 Å². The molecule has 1 atom stereocenters. The van der Waals surface area contributed by atoms with Crippen molar-refractivity contribution in [3.05, 3.63) is 60.8 Å². The maximum atomic E-state index is 12.9. The van der Waals surface area contributed by atoms with Crippen LogP contribution in [0.2, 0.25) is 0 Å². The Morgan fingerprint density at radius 1 is 0.280 bits per heavy atom. The molecule has 0 aromatic rings. The molecule has 0 bridgehead atoms. The topological polar surface area (TPSA) is 78.9 Å². The summed E-state index contributed by atoms with van der Waals surface area (Å²) in [6.07, 6.45) is 80.9. The molecule has 0 heterocycles. The molecule has 6 heteroatoms. The van der Waals surface area contributed by atoms with E-state index in [4.69, 9.17) is 14.2 Å². The van der Waals surface area contributed by atoms with Gasteiger partial charge >= 0.3 is 17.9 Å². The van der Waals surface area contributed by atoms with Crippen molar-refractivity contribution in [3.63, 3.8) is 0 Å². The van der Waals surface area contributed by atoms with Crippen LogP contribution < -0.4 is 0 Å². The van der Waals surface area contributed by atoms with Gasteiger partial charge in [0.25, 0.3) is 0 Å². The predicted molar refractivity (Wildman–Crippen MR) is 325 cm³/mol. The van der Waals surface area contributed by atoms with Gasteiger partial charge in [-0.25, -0.2) is 0 Å². The lowest BCUT2D eigenvalue weighted by Crippen LogP contribution is -2.30. The summed E-state index contributed by atoms with van der Waals surface area (Å²) in [6.45, 7) is 6.56. The first-order chi connectivity index (χ1) is 37.0. The van der Waals surface area contributed by atoms with Gasteiger partial charge in [0.05, 0.1) is 0 Å². The molecule has 1 unspecified atom stereocenters. The number of allylic oxidation sites excluding steroid dienone is 10. The first-order valence-corrected chi connectivity index (χ1v) is 32.8. The molecule has 0 aromatic heterocycles. The van der Waals surface area contributed by atoms with Gasteiger partial charge in [-0.05, 0) is 83.5 Å². The highest BCUT2D eigenvalue weighted by Crippen LogP contribution is 2.17. The van der Waals surface area contributed by atoms with E-state index in [0.29, 0.717) is 19.3 Å². The molecule has 6 nitrogen and oxygen atoms in total. The van der Waals surface area contributed by atoms with E-state index in [0.717, 1.165) is 96.3 Å². The maximum absolute atomic E-state index is 12.9. The second-order valence-electron chi connectivity index (χ2n) is 22.0. The SMILES string of the molecule is CC/C=C\C/C=C\C/C=C\C/C=C\CCCCCCC(=O)OC(COC(=O)CCCCCCCCCCCCC/C=C\CCCCCCCCCC)COC(=O)CCCCCCCCCCCCCCCCCCC. The standard InChI is InChI=1S/C69H124O6/c1-4-7-10-13-16-19-22-25-28-31-32-33-34-35-36-39-41-44-47-50-53-56-59-62-68(71)74-65-66(75-69(72)63-60-57-54-51-48-45-42-38-30-27-24-21-18-15-12-9-6-3)64-73-67(70)61-58-55-52-49-46-43-40-37-29-26-23-20-17-14-11-8-5-2/h9,12,18,21,27,30-32,42,45,66H,4-8,10-11,13-17,19-20,22-26,28-29,33-41,43-44,46-65H2,1-3H3/b12-9-,21-18-,30-27-,32-31-,45-42-. The zero-order chi connectivity index (χ0) is 54.3. The molecule has 0 aromatic carbocycles. The zero-order valence-corrected chi connectivity index (χ0v) is 50.1. The number of hydrogen-bond acceptors (Lipinski definition) is 6. The number of hydrogen-bond donors (Lipinski definition) is 0. The van der Waals surface area contributed by atoms with Crippen LogP contribution in [0.1, 0.15) is 342 Å². The molecule has 436 valence electrons. The van der Waals surface area contributed by atoms with Crippen LogP contribution in [0.4, 0.5) is 0 Å². The van der Waals surface area contributed by atoms with Crippen molar-refractivity contribution < 1.29 is 28.6 Å². The molecule has 0 fully saturated rings. The minimum atomic E-state index is -0.787. The van der Waals surface area contributed by atoms with Gasteiger partial charge in [0.15, 0.2) is 6.10 Å². The Balaban J connectivity index is 4.34. The van der Waals surface area contributed by atoms with Gasteiger partial charge in [0.1, 0.15) is 13.2 Å². The highest BCUT2D eigenvalue weighted by molar-refractivity contribution is 5.71. The average molecular weight is 1050 g/mol. The highest BCUT2D eigenvalue weighted by Gasteiger charge is 2.19. The lowest BCUT2D eigenvalue weighted by Gasteiger charge is -2.18. The van der Waals surface area contributed by atoms with E-state index in [-0.39, 0.29) is 31.1 Å². The molecule has 0 radical (unpaired) electrons. The predicted octanol–water partition coefficient (Wildman–Crippen LogP) is 22.3. The van der Waals surface area contributed by atoms with Gasteiger partial charge in [0.2, 0.25) is 0 Å². The van der Waals surface area contributed by atoms with E-state index in [9.17, 15) is 14.4 Å². The van der Waals surface area contributed by atoms with Crippen molar-refractivity contribution in [2.75, 3.05) is 13.2 Å². The van der Waals surface area contributed by atoms with Gasteiger partial charge in [-0.2, -0.15) is 0 Å². The van der Waals surface area contributed by atoms with Crippen molar-refractivity contribution in [2.24, 2.45) is 0 Å². The van der Waals surface area contributed by atoms with E-state index in [2.05, 4.69) is 81.5 Å². The third kappa shape index (κ3) is 61.8. The first kappa shape index (κ1) is 72.1. The van der Waals surface area contributed by atoms with Crippen molar-refractivity contribution in [3.8, 4) is 0 Å². The van der Waals surface area contributed by atoms with Crippen LogP contribution in [0.25, 0.3) is 0 Å².